The number of nitrogens with one attached hydrogen (secondary N) is 1. The van der Waals surface area contributed by atoms with E-state index < -0.39 is 35.3 Å². The number of rotatable bonds is 3. The van der Waals surface area contributed by atoms with E-state index in [1.165, 1.54) is 27.3 Å². The third-order valence-corrected chi connectivity index (χ3v) is 5.18. The van der Waals surface area contributed by atoms with Crippen molar-refractivity contribution in [3.63, 3.8) is 0 Å². The van der Waals surface area contributed by atoms with Crippen LogP contribution in [0.4, 0.5) is 0 Å². The van der Waals surface area contributed by atoms with E-state index in [0.29, 0.717) is 5.56 Å². The molecule has 8 heteroatoms. The molecule has 0 saturated carbocycles. The van der Waals surface area contributed by atoms with Gasteiger partial charge in [0.2, 0.25) is 11.8 Å². The van der Waals surface area contributed by atoms with E-state index in [9.17, 15) is 19.5 Å². The number of imide groups is 1. The SMILES string of the molecule is COC(=O)[C@]1(C)N[C@H](c2ccc(O)c(OC)c2)[C@H]2C(=O)N(C)C(=O)[C@H]21. The molecule has 0 radical (unpaired) electrons. The van der Waals surface area contributed by atoms with Crippen LogP contribution in [0.1, 0.15) is 18.5 Å². The average molecular weight is 348 g/mol. The number of aromatic hydroxyl groups is 1. The molecular formula is C17H20N2O6. The summed E-state index contributed by atoms with van der Waals surface area (Å²) in [5.41, 5.74) is -0.694. The van der Waals surface area contributed by atoms with Gasteiger partial charge < -0.3 is 14.6 Å². The summed E-state index contributed by atoms with van der Waals surface area (Å²) >= 11 is 0. The number of ether oxygens (including phenoxy) is 2. The lowest BCUT2D eigenvalue weighted by Gasteiger charge is -2.27. The number of amides is 2. The van der Waals surface area contributed by atoms with Crippen molar-refractivity contribution >= 4 is 17.8 Å². The maximum absolute atomic E-state index is 12.6. The molecule has 0 unspecified atom stereocenters. The van der Waals surface area contributed by atoms with Gasteiger partial charge in [-0.2, -0.15) is 0 Å². The molecular weight excluding hydrogens is 328 g/mol. The fourth-order valence-corrected chi connectivity index (χ4v) is 3.86. The summed E-state index contributed by atoms with van der Waals surface area (Å²) in [6.07, 6.45) is 0. The number of fused-ring (bicyclic) bond motifs is 1. The summed E-state index contributed by atoms with van der Waals surface area (Å²) in [4.78, 5) is 38.6. The Labute approximate surface area is 144 Å². The van der Waals surface area contributed by atoms with Gasteiger partial charge in [-0.1, -0.05) is 6.07 Å². The van der Waals surface area contributed by atoms with E-state index >= 15 is 0 Å². The highest BCUT2D eigenvalue weighted by Gasteiger charge is 2.66. The molecule has 2 aliphatic rings. The fraction of sp³-hybridized carbons (Fsp3) is 0.471. The molecule has 0 bridgehead atoms. The highest BCUT2D eigenvalue weighted by atomic mass is 16.5. The predicted molar refractivity (Wildman–Crippen MR) is 85.7 cm³/mol. The van der Waals surface area contributed by atoms with Crippen molar-refractivity contribution in [2.24, 2.45) is 11.8 Å². The van der Waals surface area contributed by atoms with Crippen LogP contribution in [0.5, 0.6) is 11.5 Å². The first-order valence-corrected chi connectivity index (χ1v) is 7.80. The Morgan fingerprint density at radius 3 is 2.56 bits per heavy atom. The number of hydrogen-bond acceptors (Lipinski definition) is 7. The second-order valence-electron chi connectivity index (χ2n) is 6.49. The largest absolute Gasteiger partial charge is 0.504 e. The minimum atomic E-state index is -1.33. The van der Waals surface area contributed by atoms with Crippen molar-refractivity contribution in [1.82, 2.24) is 10.2 Å². The molecule has 2 heterocycles. The van der Waals surface area contributed by atoms with Gasteiger partial charge in [-0.15, -0.1) is 0 Å². The Kier molecular flexibility index (Phi) is 3.95. The van der Waals surface area contributed by atoms with Gasteiger partial charge in [0.1, 0.15) is 5.54 Å². The number of phenolic OH excluding ortho intramolecular Hbond substituents is 1. The minimum absolute atomic E-state index is 0.0394. The van der Waals surface area contributed by atoms with Gasteiger partial charge in [0.15, 0.2) is 11.5 Å². The Morgan fingerprint density at radius 2 is 1.96 bits per heavy atom. The van der Waals surface area contributed by atoms with Gasteiger partial charge in [0.05, 0.1) is 26.1 Å². The quantitative estimate of drug-likeness (QED) is 0.594. The normalized spacial score (nSPS) is 31.2. The standard InChI is InChI=1S/C17H20N2O6/c1-17(16(23)25-4)12-11(14(21)19(2)15(12)22)13(18-17)8-5-6-9(20)10(7-8)24-3/h5-7,11-13,18,20H,1-4H3/t11-,12-,13+,17+/m0/s1. The van der Waals surface area contributed by atoms with Crippen LogP contribution >= 0.6 is 0 Å². The predicted octanol–water partition coefficient (Wildman–Crippen LogP) is 0.208. The monoisotopic (exact) mass is 348 g/mol. The Morgan fingerprint density at radius 1 is 1.28 bits per heavy atom. The summed E-state index contributed by atoms with van der Waals surface area (Å²) in [7, 11) is 4.07. The molecule has 4 atom stereocenters. The molecule has 8 nitrogen and oxygen atoms in total. The molecule has 134 valence electrons. The van der Waals surface area contributed by atoms with Gasteiger partial charge in [0, 0.05) is 13.1 Å². The summed E-state index contributed by atoms with van der Waals surface area (Å²) in [5, 5.41) is 12.9. The molecule has 2 amide bonds. The maximum Gasteiger partial charge on any atom is 0.326 e. The van der Waals surface area contributed by atoms with E-state index in [-0.39, 0.29) is 17.4 Å². The molecule has 0 spiro atoms. The fourth-order valence-electron chi connectivity index (χ4n) is 3.86. The molecule has 2 N–H and O–H groups in total. The van der Waals surface area contributed by atoms with Crippen LogP contribution in [0.2, 0.25) is 0 Å². The average Bonchev–Trinajstić information content (AvgIpc) is 3.04. The highest BCUT2D eigenvalue weighted by molar-refractivity contribution is 6.09. The molecule has 1 aromatic rings. The molecule has 0 aliphatic carbocycles. The van der Waals surface area contributed by atoms with Crippen LogP contribution in [0, 0.1) is 11.8 Å². The summed E-state index contributed by atoms with van der Waals surface area (Å²) in [5.74, 6) is -2.77. The first-order valence-electron chi connectivity index (χ1n) is 7.80. The number of carbonyl (C=O) groups is 3. The van der Waals surface area contributed by atoms with E-state index in [2.05, 4.69) is 5.32 Å². The number of likely N-dealkylation sites (tertiary alicyclic amines) is 1. The van der Waals surface area contributed by atoms with Crippen molar-refractivity contribution in [2.45, 2.75) is 18.5 Å². The van der Waals surface area contributed by atoms with Crippen molar-refractivity contribution in [3.8, 4) is 11.5 Å². The van der Waals surface area contributed by atoms with Crippen molar-refractivity contribution in [3.05, 3.63) is 23.8 Å². The van der Waals surface area contributed by atoms with Crippen molar-refractivity contribution in [2.75, 3.05) is 21.3 Å². The summed E-state index contributed by atoms with van der Waals surface area (Å²) < 4.78 is 9.98. The van der Waals surface area contributed by atoms with E-state index in [0.717, 1.165) is 4.90 Å². The zero-order chi connectivity index (χ0) is 18.5. The molecule has 1 aromatic carbocycles. The number of phenols is 1. The van der Waals surface area contributed by atoms with Crippen LogP contribution < -0.4 is 10.1 Å². The third-order valence-electron chi connectivity index (χ3n) is 5.18. The summed E-state index contributed by atoms with van der Waals surface area (Å²) in [6, 6.07) is 4.07. The van der Waals surface area contributed by atoms with Crippen LogP contribution in [0.15, 0.2) is 18.2 Å². The van der Waals surface area contributed by atoms with Gasteiger partial charge in [-0.3, -0.25) is 24.6 Å². The van der Waals surface area contributed by atoms with E-state index in [4.69, 9.17) is 9.47 Å². The number of esters is 1. The van der Waals surface area contributed by atoms with Crippen LogP contribution in [-0.2, 0) is 19.1 Å². The zero-order valence-corrected chi connectivity index (χ0v) is 14.4. The van der Waals surface area contributed by atoms with Gasteiger partial charge in [-0.25, -0.2) is 0 Å². The zero-order valence-electron chi connectivity index (χ0n) is 14.4. The smallest absolute Gasteiger partial charge is 0.326 e. The number of nitrogens with zero attached hydrogens (tertiary/aromatic N) is 1. The number of methoxy groups -OCH3 is 2. The van der Waals surface area contributed by atoms with Crippen LogP contribution in [0.3, 0.4) is 0 Å². The first-order chi connectivity index (χ1) is 11.8. The summed E-state index contributed by atoms with van der Waals surface area (Å²) in [6.45, 7) is 1.57. The molecule has 3 rings (SSSR count). The Hall–Kier alpha value is -2.61. The molecule has 2 aliphatic heterocycles. The lowest BCUT2D eigenvalue weighted by Crippen LogP contribution is -2.53. The number of benzene rings is 1. The van der Waals surface area contributed by atoms with Crippen molar-refractivity contribution in [1.29, 1.82) is 0 Å². The lowest BCUT2D eigenvalue weighted by molar-refractivity contribution is -0.152. The lowest BCUT2D eigenvalue weighted by atomic mass is 9.80. The first kappa shape index (κ1) is 17.2. The maximum atomic E-state index is 12.6. The molecule has 0 aromatic heterocycles. The Balaban J connectivity index is 2.11. The van der Waals surface area contributed by atoms with Gasteiger partial charge in [0.25, 0.3) is 0 Å². The second-order valence-corrected chi connectivity index (χ2v) is 6.49. The Bertz CT molecular complexity index is 764. The van der Waals surface area contributed by atoms with Gasteiger partial charge >= 0.3 is 5.97 Å². The number of carbonyl (C=O) groups excluding carboxylic acids is 3. The number of hydrogen-bond donors (Lipinski definition) is 2. The minimum Gasteiger partial charge on any atom is -0.504 e. The molecule has 2 saturated heterocycles. The van der Waals surface area contributed by atoms with E-state index in [1.54, 1.807) is 19.1 Å². The van der Waals surface area contributed by atoms with Crippen LogP contribution in [-0.4, -0.2) is 54.6 Å². The second kappa shape index (κ2) is 5.73. The van der Waals surface area contributed by atoms with Gasteiger partial charge in [-0.05, 0) is 24.6 Å². The van der Waals surface area contributed by atoms with Crippen molar-refractivity contribution < 1.29 is 29.0 Å². The van der Waals surface area contributed by atoms with Crippen LogP contribution in [0.25, 0.3) is 0 Å². The molecule has 25 heavy (non-hydrogen) atoms. The third kappa shape index (κ3) is 2.28. The highest BCUT2D eigenvalue weighted by Crippen LogP contribution is 2.49. The topological polar surface area (TPSA) is 105 Å². The van der Waals surface area contributed by atoms with E-state index in [1.807, 2.05) is 0 Å². The molecule has 2 fully saturated rings.